The van der Waals surface area contributed by atoms with Gasteiger partial charge in [0.25, 0.3) is 0 Å². The first-order chi connectivity index (χ1) is 9.40. The van der Waals surface area contributed by atoms with E-state index in [9.17, 15) is 0 Å². The SMILES string of the molecule is CCCC(C)(C)n1c(CCCl)nc2cc(Cl)c(Cl)cc21. The molecule has 0 aliphatic carbocycles. The van der Waals surface area contributed by atoms with Gasteiger partial charge in [-0.05, 0) is 32.4 Å². The van der Waals surface area contributed by atoms with Crippen LogP contribution in [0, 0.1) is 0 Å². The molecule has 2 aromatic rings. The molecule has 0 bridgehead atoms. The summed E-state index contributed by atoms with van der Waals surface area (Å²) < 4.78 is 2.26. The third-order valence-corrected chi connectivity index (χ3v) is 4.46. The predicted octanol–water partition coefficient (Wildman–Crippen LogP) is 5.66. The number of rotatable bonds is 5. The molecule has 2 nitrogen and oxygen atoms in total. The predicted molar refractivity (Wildman–Crippen MR) is 88.4 cm³/mol. The monoisotopic (exact) mass is 332 g/mol. The van der Waals surface area contributed by atoms with Crippen molar-refractivity contribution in [1.29, 1.82) is 0 Å². The molecule has 1 aromatic carbocycles. The quantitative estimate of drug-likeness (QED) is 0.645. The topological polar surface area (TPSA) is 17.8 Å². The Kier molecular flexibility index (Phi) is 4.88. The number of nitrogens with zero attached hydrogens (tertiary/aromatic N) is 2. The van der Waals surface area contributed by atoms with Crippen LogP contribution in [0.15, 0.2) is 12.1 Å². The zero-order valence-electron chi connectivity index (χ0n) is 12.0. The standard InChI is InChI=1S/C15H19Cl3N2/c1-4-6-15(2,3)20-13-9-11(18)10(17)8-12(13)19-14(20)5-7-16/h8-9H,4-7H2,1-3H3. The third-order valence-electron chi connectivity index (χ3n) is 3.55. The summed E-state index contributed by atoms with van der Waals surface area (Å²) >= 11 is 18.2. The van der Waals surface area contributed by atoms with Gasteiger partial charge in [-0.1, -0.05) is 36.5 Å². The first-order valence-corrected chi connectivity index (χ1v) is 8.12. The van der Waals surface area contributed by atoms with Gasteiger partial charge in [0, 0.05) is 17.8 Å². The molecule has 110 valence electrons. The minimum Gasteiger partial charge on any atom is -0.322 e. The van der Waals surface area contributed by atoms with Crippen molar-refractivity contribution in [3.8, 4) is 0 Å². The minimum absolute atomic E-state index is 0.0257. The molecule has 0 amide bonds. The summed E-state index contributed by atoms with van der Waals surface area (Å²) in [7, 11) is 0. The van der Waals surface area contributed by atoms with Gasteiger partial charge < -0.3 is 4.57 Å². The van der Waals surface area contributed by atoms with Gasteiger partial charge in [-0.2, -0.15) is 0 Å². The van der Waals surface area contributed by atoms with Crippen molar-refractivity contribution in [2.45, 2.75) is 45.6 Å². The molecule has 2 rings (SSSR count). The lowest BCUT2D eigenvalue weighted by molar-refractivity contribution is 0.324. The molecule has 0 aliphatic heterocycles. The summed E-state index contributed by atoms with van der Waals surface area (Å²) in [4.78, 5) is 4.69. The number of aryl methyl sites for hydroxylation is 1. The highest BCUT2D eigenvalue weighted by Crippen LogP contribution is 2.33. The maximum Gasteiger partial charge on any atom is 0.111 e. The van der Waals surface area contributed by atoms with Crippen LogP contribution in [0.4, 0.5) is 0 Å². The van der Waals surface area contributed by atoms with Crippen LogP contribution < -0.4 is 0 Å². The summed E-state index contributed by atoms with van der Waals surface area (Å²) in [6.45, 7) is 6.63. The Morgan fingerprint density at radius 1 is 1.20 bits per heavy atom. The molecular weight excluding hydrogens is 315 g/mol. The lowest BCUT2D eigenvalue weighted by atomic mass is 9.98. The maximum atomic E-state index is 6.17. The summed E-state index contributed by atoms with van der Waals surface area (Å²) in [5.74, 6) is 1.54. The Hall–Kier alpha value is -0.440. The lowest BCUT2D eigenvalue weighted by Crippen LogP contribution is -2.28. The van der Waals surface area contributed by atoms with E-state index in [4.69, 9.17) is 34.8 Å². The van der Waals surface area contributed by atoms with Gasteiger partial charge in [0.1, 0.15) is 5.82 Å². The second-order valence-electron chi connectivity index (χ2n) is 5.62. The number of hydrogen-bond acceptors (Lipinski definition) is 1. The number of halogens is 3. The smallest absolute Gasteiger partial charge is 0.111 e. The van der Waals surface area contributed by atoms with E-state index >= 15 is 0 Å². The molecule has 0 atom stereocenters. The fourth-order valence-corrected chi connectivity index (χ4v) is 3.26. The fourth-order valence-electron chi connectivity index (χ4n) is 2.77. The second-order valence-corrected chi connectivity index (χ2v) is 6.81. The molecule has 0 N–H and O–H groups in total. The van der Waals surface area contributed by atoms with Crippen LogP contribution in [0.25, 0.3) is 11.0 Å². The zero-order chi connectivity index (χ0) is 14.9. The van der Waals surface area contributed by atoms with Crippen LogP contribution in [-0.2, 0) is 12.0 Å². The van der Waals surface area contributed by atoms with E-state index < -0.39 is 0 Å². The van der Waals surface area contributed by atoms with Gasteiger partial charge in [0.15, 0.2) is 0 Å². The van der Waals surface area contributed by atoms with E-state index in [1.54, 1.807) is 0 Å². The largest absolute Gasteiger partial charge is 0.322 e. The summed E-state index contributed by atoms with van der Waals surface area (Å²) in [6, 6.07) is 3.73. The molecular formula is C15H19Cl3N2. The molecule has 0 spiro atoms. The fraction of sp³-hybridized carbons (Fsp3) is 0.533. The second kappa shape index (κ2) is 6.13. The number of imidazole rings is 1. The van der Waals surface area contributed by atoms with Crippen LogP contribution >= 0.6 is 34.8 Å². The van der Waals surface area contributed by atoms with Crippen LogP contribution in [0.5, 0.6) is 0 Å². The number of alkyl halides is 1. The Morgan fingerprint density at radius 2 is 1.85 bits per heavy atom. The molecule has 5 heteroatoms. The molecule has 1 heterocycles. The van der Waals surface area contributed by atoms with Crippen molar-refractivity contribution in [2.24, 2.45) is 0 Å². The van der Waals surface area contributed by atoms with Crippen molar-refractivity contribution in [3.63, 3.8) is 0 Å². The van der Waals surface area contributed by atoms with Crippen LogP contribution in [0.3, 0.4) is 0 Å². The van der Waals surface area contributed by atoms with Gasteiger partial charge in [0.05, 0.1) is 21.1 Å². The van der Waals surface area contributed by atoms with E-state index in [0.29, 0.717) is 15.9 Å². The molecule has 0 aliphatic rings. The Bertz CT molecular complexity index is 617. The first kappa shape index (κ1) is 15.9. The van der Waals surface area contributed by atoms with Crippen molar-refractivity contribution in [3.05, 3.63) is 28.0 Å². The van der Waals surface area contributed by atoms with Crippen molar-refractivity contribution < 1.29 is 0 Å². The van der Waals surface area contributed by atoms with Gasteiger partial charge in [-0.25, -0.2) is 4.98 Å². The van der Waals surface area contributed by atoms with E-state index in [1.807, 2.05) is 12.1 Å². The molecule has 0 saturated carbocycles. The summed E-state index contributed by atoms with van der Waals surface area (Å²) in [5.41, 5.74) is 1.88. The highest BCUT2D eigenvalue weighted by Gasteiger charge is 2.25. The number of fused-ring (bicyclic) bond motifs is 1. The summed E-state index contributed by atoms with van der Waals surface area (Å²) in [5, 5.41) is 1.10. The zero-order valence-corrected chi connectivity index (χ0v) is 14.3. The summed E-state index contributed by atoms with van der Waals surface area (Å²) in [6.07, 6.45) is 2.90. The average Bonchev–Trinajstić information content (AvgIpc) is 2.68. The number of aromatic nitrogens is 2. The van der Waals surface area contributed by atoms with E-state index in [-0.39, 0.29) is 5.54 Å². The van der Waals surface area contributed by atoms with Gasteiger partial charge >= 0.3 is 0 Å². The molecule has 0 unspecified atom stereocenters. The van der Waals surface area contributed by atoms with Gasteiger partial charge in [0.2, 0.25) is 0 Å². The normalized spacial score (nSPS) is 12.3. The Balaban J connectivity index is 2.70. The van der Waals surface area contributed by atoms with Crippen LogP contribution in [0.2, 0.25) is 10.0 Å². The highest BCUT2D eigenvalue weighted by atomic mass is 35.5. The molecule has 0 saturated heterocycles. The third kappa shape index (κ3) is 2.93. The van der Waals surface area contributed by atoms with Crippen molar-refractivity contribution in [1.82, 2.24) is 9.55 Å². The average molecular weight is 334 g/mol. The molecule has 0 radical (unpaired) electrons. The minimum atomic E-state index is -0.0257. The van der Waals surface area contributed by atoms with E-state index in [1.165, 1.54) is 0 Å². The number of benzene rings is 1. The molecule has 0 fully saturated rings. The van der Waals surface area contributed by atoms with Gasteiger partial charge in [-0.15, -0.1) is 11.6 Å². The number of hydrogen-bond donors (Lipinski definition) is 0. The first-order valence-electron chi connectivity index (χ1n) is 6.83. The van der Waals surface area contributed by atoms with E-state index in [2.05, 4.69) is 30.3 Å². The van der Waals surface area contributed by atoms with Crippen LogP contribution in [0.1, 0.15) is 39.4 Å². The van der Waals surface area contributed by atoms with Crippen molar-refractivity contribution in [2.75, 3.05) is 5.88 Å². The lowest BCUT2D eigenvalue weighted by Gasteiger charge is -2.29. The van der Waals surface area contributed by atoms with Crippen molar-refractivity contribution >= 4 is 45.8 Å². The van der Waals surface area contributed by atoms with Gasteiger partial charge in [-0.3, -0.25) is 0 Å². The molecule has 20 heavy (non-hydrogen) atoms. The molecule has 1 aromatic heterocycles. The highest BCUT2D eigenvalue weighted by molar-refractivity contribution is 6.42. The van der Waals surface area contributed by atoms with Crippen LogP contribution in [-0.4, -0.2) is 15.4 Å². The Labute approximate surface area is 135 Å². The van der Waals surface area contributed by atoms with E-state index in [0.717, 1.165) is 36.1 Å². The maximum absolute atomic E-state index is 6.17. The Morgan fingerprint density at radius 3 is 2.45 bits per heavy atom.